The smallest absolute Gasteiger partial charge is 0.295 e. The molecule has 1 aromatic carbocycles. The first kappa shape index (κ1) is 29.5. The normalized spacial score (nSPS) is 17.0. The molecule has 3 aliphatic heterocycles. The van der Waals surface area contributed by atoms with Gasteiger partial charge in [-0.15, -0.1) is 0 Å². The van der Waals surface area contributed by atoms with Gasteiger partial charge in [0.2, 0.25) is 0 Å². The third-order valence-corrected chi connectivity index (χ3v) is 8.50. The fourth-order valence-corrected chi connectivity index (χ4v) is 5.97. The zero-order valence-corrected chi connectivity index (χ0v) is 25.0. The maximum Gasteiger partial charge on any atom is 0.295 e. The Bertz CT molecular complexity index is 1850. The summed E-state index contributed by atoms with van der Waals surface area (Å²) < 4.78 is 20.4. The van der Waals surface area contributed by atoms with E-state index in [4.69, 9.17) is 4.74 Å². The number of ketones is 1. The second-order valence-electron chi connectivity index (χ2n) is 11.2. The number of allylic oxidation sites excluding steroid dienone is 1. The van der Waals surface area contributed by atoms with Crippen LogP contribution in [-0.2, 0) is 14.3 Å². The summed E-state index contributed by atoms with van der Waals surface area (Å²) in [6.07, 6.45) is 5.65. The van der Waals surface area contributed by atoms with Crippen LogP contribution in [0.25, 0.3) is 22.2 Å². The molecule has 0 atom stereocenters. The van der Waals surface area contributed by atoms with Crippen LogP contribution < -0.4 is 10.2 Å². The number of fused-ring (bicyclic) bond motifs is 1. The first-order chi connectivity index (χ1) is 22.5. The SMILES string of the molecule is O=C(NCCN1CCOCC1)C1=CC(c2ncc(F)c3c(C(=O)C(=O)N4CCN(c5cn[nH]c5-c5ccccc5)CC4)c[nH]c23)=N1. The molecule has 0 bridgehead atoms. The number of carbonyl (C=O) groups excluding carboxylic acids is 3. The van der Waals surface area contributed by atoms with Crippen molar-refractivity contribution >= 4 is 39.9 Å². The van der Waals surface area contributed by atoms with E-state index in [0.717, 1.165) is 36.2 Å². The number of Topliss-reactive ketones (excluding diaryl/α,β-unsaturated/α-hetero) is 1. The lowest BCUT2D eigenvalue weighted by Crippen LogP contribution is -2.50. The molecule has 0 aliphatic carbocycles. The number of nitrogens with zero attached hydrogens (tertiary/aromatic N) is 6. The Kier molecular flexibility index (Phi) is 8.11. The fourth-order valence-electron chi connectivity index (χ4n) is 5.97. The molecular formula is C32H32FN9O4. The van der Waals surface area contributed by atoms with E-state index in [0.29, 0.717) is 58.2 Å². The van der Waals surface area contributed by atoms with E-state index in [1.54, 1.807) is 12.3 Å². The topological polar surface area (TPSA) is 152 Å². The van der Waals surface area contributed by atoms with Crippen LogP contribution in [0.15, 0.2) is 65.7 Å². The number of morpholine rings is 1. The maximum atomic E-state index is 15.1. The molecule has 46 heavy (non-hydrogen) atoms. The third-order valence-electron chi connectivity index (χ3n) is 8.50. The lowest BCUT2D eigenvalue weighted by atomic mass is 10.0. The Labute approximate surface area is 263 Å². The molecule has 13 nitrogen and oxygen atoms in total. The van der Waals surface area contributed by atoms with Gasteiger partial charge in [-0.05, 0) is 6.08 Å². The van der Waals surface area contributed by atoms with Crippen molar-refractivity contribution in [3.05, 3.63) is 77.8 Å². The first-order valence-electron chi connectivity index (χ1n) is 15.2. The lowest BCUT2D eigenvalue weighted by molar-refractivity contribution is -0.126. The highest BCUT2D eigenvalue weighted by molar-refractivity contribution is 6.45. The van der Waals surface area contributed by atoms with Gasteiger partial charge in [0, 0.05) is 64.1 Å². The minimum Gasteiger partial charge on any atom is -0.379 e. The quantitative estimate of drug-likeness (QED) is 0.188. The van der Waals surface area contributed by atoms with Crippen molar-refractivity contribution in [1.82, 2.24) is 35.3 Å². The number of halogens is 1. The van der Waals surface area contributed by atoms with E-state index in [-0.39, 0.29) is 33.8 Å². The van der Waals surface area contributed by atoms with Crippen LogP contribution in [0, 0.1) is 5.82 Å². The molecule has 4 aromatic rings. The Morgan fingerprint density at radius 2 is 1.76 bits per heavy atom. The minimum absolute atomic E-state index is 0.0348. The van der Waals surface area contributed by atoms with Crippen molar-refractivity contribution in [3.63, 3.8) is 0 Å². The van der Waals surface area contributed by atoms with Gasteiger partial charge in [0.15, 0.2) is 5.82 Å². The average Bonchev–Trinajstić information content (AvgIpc) is 3.75. The molecule has 3 aromatic heterocycles. The number of anilines is 1. The number of aromatic amines is 2. The third kappa shape index (κ3) is 5.68. The zero-order valence-electron chi connectivity index (χ0n) is 25.0. The number of aliphatic imine (C=N–C) groups is 1. The van der Waals surface area contributed by atoms with Crippen molar-refractivity contribution in [2.75, 3.05) is 70.5 Å². The second-order valence-corrected chi connectivity index (χ2v) is 11.2. The van der Waals surface area contributed by atoms with Crippen molar-refractivity contribution in [3.8, 4) is 11.3 Å². The van der Waals surface area contributed by atoms with Gasteiger partial charge in [-0.3, -0.25) is 24.4 Å². The van der Waals surface area contributed by atoms with Gasteiger partial charge in [0.1, 0.15) is 11.4 Å². The molecular weight excluding hydrogens is 593 g/mol. The summed E-state index contributed by atoms with van der Waals surface area (Å²) in [7, 11) is 0. The van der Waals surface area contributed by atoms with Gasteiger partial charge in [-0.1, -0.05) is 30.3 Å². The molecule has 0 radical (unpaired) electrons. The molecule has 0 saturated carbocycles. The van der Waals surface area contributed by atoms with Crippen LogP contribution in [0.2, 0.25) is 0 Å². The molecule has 6 heterocycles. The zero-order chi connectivity index (χ0) is 31.6. The largest absolute Gasteiger partial charge is 0.379 e. The van der Waals surface area contributed by atoms with Gasteiger partial charge in [0.25, 0.3) is 17.6 Å². The van der Waals surface area contributed by atoms with E-state index in [1.807, 2.05) is 30.3 Å². The van der Waals surface area contributed by atoms with Crippen LogP contribution >= 0.6 is 0 Å². The van der Waals surface area contributed by atoms with E-state index in [1.165, 1.54) is 11.1 Å². The number of nitrogens with one attached hydrogen (secondary N) is 3. The number of piperazine rings is 1. The van der Waals surface area contributed by atoms with Gasteiger partial charge >= 0.3 is 0 Å². The number of pyridine rings is 1. The van der Waals surface area contributed by atoms with Crippen LogP contribution in [0.4, 0.5) is 10.1 Å². The average molecular weight is 626 g/mol. The number of benzene rings is 1. The summed E-state index contributed by atoms with van der Waals surface area (Å²) in [4.78, 5) is 56.5. The van der Waals surface area contributed by atoms with Gasteiger partial charge in [-0.25, -0.2) is 14.4 Å². The number of hydrogen-bond acceptors (Lipinski definition) is 9. The van der Waals surface area contributed by atoms with Crippen molar-refractivity contribution in [1.29, 1.82) is 0 Å². The Morgan fingerprint density at radius 1 is 1.00 bits per heavy atom. The highest BCUT2D eigenvalue weighted by atomic mass is 19.1. The highest BCUT2D eigenvalue weighted by Crippen LogP contribution is 2.30. The van der Waals surface area contributed by atoms with Gasteiger partial charge in [0.05, 0.1) is 59.2 Å². The number of carbonyl (C=O) groups is 3. The van der Waals surface area contributed by atoms with E-state index in [9.17, 15) is 14.4 Å². The fraction of sp³-hybridized carbons (Fsp3) is 0.312. The Balaban J connectivity index is 0.993. The number of rotatable bonds is 9. The molecule has 2 fully saturated rings. The van der Waals surface area contributed by atoms with Gasteiger partial charge < -0.3 is 24.8 Å². The predicted molar refractivity (Wildman–Crippen MR) is 168 cm³/mol. The maximum absolute atomic E-state index is 15.1. The number of H-pyrrole nitrogens is 2. The molecule has 3 N–H and O–H groups in total. The van der Waals surface area contributed by atoms with Crippen LogP contribution in [0.3, 0.4) is 0 Å². The molecule has 236 valence electrons. The summed E-state index contributed by atoms with van der Waals surface area (Å²) >= 11 is 0. The minimum atomic E-state index is -0.810. The van der Waals surface area contributed by atoms with E-state index < -0.39 is 17.5 Å². The first-order valence-corrected chi connectivity index (χ1v) is 15.2. The Hall–Kier alpha value is -5.21. The van der Waals surface area contributed by atoms with E-state index >= 15 is 4.39 Å². The molecule has 0 spiro atoms. The monoisotopic (exact) mass is 625 g/mol. The van der Waals surface area contributed by atoms with Crippen molar-refractivity contribution in [2.24, 2.45) is 4.99 Å². The molecule has 7 rings (SSSR count). The lowest BCUT2D eigenvalue weighted by Gasteiger charge is -2.35. The van der Waals surface area contributed by atoms with Crippen LogP contribution in [0.5, 0.6) is 0 Å². The summed E-state index contributed by atoms with van der Waals surface area (Å²) in [6.45, 7) is 5.87. The van der Waals surface area contributed by atoms with E-state index in [2.05, 4.69) is 40.3 Å². The predicted octanol–water partition coefficient (Wildman–Crippen LogP) is 1.76. The molecule has 2 saturated heterocycles. The molecule has 2 amide bonds. The highest BCUT2D eigenvalue weighted by Gasteiger charge is 2.32. The van der Waals surface area contributed by atoms with Crippen molar-refractivity contribution < 1.29 is 23.5 Å². The standard InChI is InChI=1S/C32H32FN9O4/c33-22-18-36-28(23-16-24(38-23)31(44)34-6-7-40-12-14-46-15-13-40)29-26(22)21(17-35-29)30(43)32(45)42-10-8-41(9-11-42)25-19-37-39-27(25)20-4-2-1-3-5-20/h1-5,16-19,35H,6-15H2,(H,34,44)(H,37,39). The molecule has 14 heteroatoms. The Morgan fingerprint density at radius 3 is 2.52 bits per heavy atom. The van der Waals surface area contributed by atoms with Crippen LogP contribution in [-0.4, -0.2) is 119 Å². The number of amides is 2. The molecule has 3 aliphatic rings. The van der Waals surface area contributed by atoms with Gasteiger partial charge in [-0.2, -0.15) is 5.10 Å². The summed E-state index contributed by atoms with van der Waals surface area (Å²) in [5.41, 5.74) is 3.87. The summed E-state index contributed by atoms with van der Waals surface area (Å²) in [5.74, 6) is -2.56. The number of aromatic nitrogens is 4. The van der Waals surface area contributed by atoms with Crippen molar-refractivity contribution in [2.45, 2.75) is 0 Å². The summed E-state index contributed by atoms with van der Waals surface area (Å²) in [6, 6.07) is 9.85. The number of ether oxygens (including phenoxy) is 1. The second kappa shape index (κ2) is 12.7. The molecule has 0 unspecified atom stereocenters. The summed E-state index contributed by atoms with van der Waals surface area (Å²) in [5, 5.41) is 10.1. The van der Waals surface area contributed by atoms with Crippen LogP contribution in [0.1, 0.15) is 16.1 Å². The number of hydrogen-bond donors (Lipinski definition) is 3.